The van der Waals surface area contributed by atoms with Crippen LogP contribution in [0.5, 0.6) is 0 Å². The van der Waals surface area contributed by atoms with E-state index >= 15 is 0 Å². The fourth-order valence-corrected chi connectivity index (χ4v) is 1.51. The van der Waals surface area contributed by atoms with E-state index in [-0.39, 0.29) is 29.9 Å². The van der Waals surface area contributed by atoms with Gasteiger partial charge >= 0.3 is 0 Å². The molecule has 1 unspecified atom stereocenters. The number of likely N-dealkylation sites (N-methyl/N-ethyl adjacent to an activating group) is 1. The van der Waals surface area contributed by atoms with Crippen LogP contribution >= 0.6 is 24.0 Å². The Morgan fingerprint density at radius 1 is 1.24 bits per heavy atom. The first-order chi connectivity index (χ1) is 7.59. The number of rotatable bonds is 5. The van der Waals surface area contributed by atoms with E-state index in [1.54, 1.807) is 0 Å². The summed E-state index contributed by atoms with van der Waals surface area (Å²) in [5.41, 5.74) is 12.0. The van der Waals surface area contributed by atoms with Crippen molar-refractivity contribution < 1.29 is 0 Å². The molecule has 1 aromatic carbocycles. The predicted molar refractivity (Wildman–Crippen MR) is 83.7 cm³/mol. The highest BCUT2D eigenvalue weighted by molar-refractivity contribution is 14.0. The Bertz CT molecular complexity index is 334. The predicted octanol–water partition coefficient (Wildman–Crippen LogP) is 1.05. The molecule has 1 atom stereocenters. The summed E-state index contributed by atoms with van der Waals surface area (Å²) in [7, 11) is 4.08. The molecule has 4 nitrogen and oxygen atoms in total. The van der Waals surface area contributed by atoms with Crippen LogP contribution in [0.1, 0.15) is 5.56 Å². The van der Waals surface area contributed by atoms with Crippen molar-refractivity contribution in [3.63, 3.8) is 0 Å². The molecule has 0 heterocycles. The molecule has 0 radical (unpaired) electrons. The molecule has 0 aliphatic carbocycles. The largest absolute Gasteiger partial charge is 0.370 e. The van der Waals surface area contributed by atoms with Crippen LogP contribution in [0.15, 0.2) is 35.3 Å². The molecular formula is C12H21IN4. The van der Waals surface area contributed by atoms with Crippen molar-refractivity contribution in [2.75, 3.05) is 20.6 Å². The zero-order valence-corrected chi connectivity index (χ0v) is 12.7. The number of hydrogen-bond acceptors (Lipinski definition) is 2. The van der Waals surface area contributed by atoms with Crippen LogP contribution in [0.4, 0.5) is 0 Å². The number of nitrogens with zero attached hydrogens (tertiary/aromatic N) is 2. The molecule has 5 heteroatoms. The zero-order valence-electron chi connectivity index (χ0n) is 10.3. The third-order valence-electron chi connectivity index (χ3n) is 2.53. The van der Waals surface area contributed by atoms with Crippen molar-refractivity contribution in [3.8, 4) is 0 Å². The molecule has 17 heavy (non-hydrogen) atoms. The Labute approximate surface area is 120 Å². The van der Waals surface area contributed by atoms with Crippen molar-refractivity contribution in [1.29, 1.82) is 0 Å². The Morgan fingerprint density at radius 3 is 2.29 bits per heavy atom. The van der Waals surface area contributed by atoms with Gasteiger partial charge in [-0.05, 0) is 26.1 Å². The molecule has 0 aromatic heterocycles. The average Bonchev–Trinajstić information content (AvgIpc) is 2.25. The second kappa shape index (κ2) is 8.30. The van der Waals surface area contributed by atoms with Gasteiger partial charge in [-0.15, -0.1) is 24.0 Å². The molecule has 4 N–H and O–H groups in total. The van der Waals surface area contributed by atoms with Crippen molar-refractivity contribution >= 4 is 29.9 Å². The molecule has 0 amide bonds. The third kappa shape index (κ3) is 6.48. The topological polar surface area (TPSA) is 67.6 Å². The molecule has 0 saturated carbocycles. The van der Waals surface area contributed by atoms with E-state index in [0.717, 1.165) is 6.42 Å². The minimum Gasteiger partial charge on any atom is -0.370 e. The quantitative estimate of drug-likeness (QED) is 0.475. The van der Waals surface area contributed by atoms with Gasteiger partial charge in [0.2, 0.25) is 0 Å². The summed E-state index contributed by atoms with van der Waals surface area (Å²) in [6.45, 7) is 0.629. The van der Waals surface area contributed by atoms with Crippen molar-refractivity contribution in [1.82, 2.24) is 4.90 Å². The van der Waals surface area contributed by atoms with Crippen molar-refractivity contribution in [2.24, 2.45) is 16.5 Å². The Hall–Kier alpha value is -0.820. The van der Waals surface area contributed by atoms with Gasteiger partial charge in [0.05, 0.1) is 6.54 Å². The number of benzene rings is 1. The molecule has 0 bridgehead atoms. The SMILES string of the molecule is CN(C)C(CN=C(N)N)Cc1ccccc1.I. The summed E-state index contributed by atoms with van der Waals surface area (Å²) in [5.74, 6) is 0.153. The van der Waals surface area contributed by atoms with Crippen LogP contribution in [0.25, 0.3) is 0 Å². The Balaban J connectivity index is 0.00000256. The van der Waals surface area contributed by atoms with Gasteiger partial charge in [-0.3, -0.25) is 4.99 Å². The van der Waals surface area contributed by atoms with E-state index in [2.05, 4.69) is 22.0 Å². The zero-order chi connectivity index (χ0) is 12.0. The van der Waals surface area contributed by atoms with E-state index in [4.69, 9.17) is 11.5 Å². The minimum atomic E-state index is 0. The summed E-state index contributed by atoms with van der Waals surface area (Å²) in [4.78, 5) is 6.21. The number of nitrogens with two attached hydrogens (primary N) is 2. The third-order valence-corrected chi connectivity index (χ3v) is 2.53. The van der Waals surface area contributed by atoms with Crippen LogP contribution in [0.2, 0.25) is 0 Å². The van der Waals surface area contributed by atoms with E-state index in [1.165, 1.54) is 5.56 Å². The Morgan fingerprint density at radius 2 is 1.82 bits per heavy atom. The fourth-order valence-electron chi connectivity index (χ4n) is 1.51. The molecule has 0 aliphatic heterocycles. The van der Waals surface area contributed by atoms with Crippen LogP contribution in [0, 0.1) is 0 Å². The van der Waals surface area contributed by atoms with Crippen LogP contribution in [-0.2, 0) is 6.42 Å². The molecule has 1 aromatic rings. The maximum atomic E-state index is 5.34. The highest BCUT2D eigenvalue weighted by Gasteiger charge is 2.11. The molecule has 96 valence electrons. The van der Waals surface area contributed by atoms with Crippen molar-refractivity contribution in [3.05, 3.63) is 35.9 Å². The molecule has 0 aliphatic rings. The summed E-state index contributed by atoms with van der Waals surface area (Å²) >= 11 is 0. The first kappa shape index (κ1) is 16.2. The fraction of sp³-hybridized carbons (Fsp3) is 0.417. The van der Waals surface area contributed by atoms with E-state index in [1.807, 2.05) is 32.3 Å². The number of guanidine groups is 1. The lowest BCUT2D eigenvalue weighted by molar-refractivity contribution is 0.298. The van der Waals surface area contributed by atoms with Gasteiger partial charge in [0.25, 0.3) is 0 Å². The van der Waals surface area contributed by atoms with Gasteiger partial charge < -0.3 is 16.4 Å². The lowest BCUT2D eigenvalue weighted by Gasteiger charge is -2.22. The van der Waals surface area contributed by atoms with Gasteiger partial charge in [0.15, 0.2) is 5.96 Å². The van der Waals surface area contributed by atoms with Gasteiger partial charge in [-0.2, -0.15) is 0 Å². The first-order valence-corrected chi connectivity index (χ1v) is 5.35. The van der Waals surface area contributed by atoms with Crippen LogP contribution in [-0.4, -0.2) is 37.5 Å². The normalized spacial score (nSPS) is 11.7. The summed E-state index contributed by atoms with van der Waals surface area (Å²) in [5, 5.41) is 0. The maximum absolute atomic E-state index is 5.34. The summed E-state index contributed by atoms with van der Waals surface area (Å²) < 4.78 is 0. The maximum Gasteiger partial charge on any atom is 0.185 e. The van der Waals surface area contributed by atoms with Crippen LogP contribution < -0.4 is 11.5 Å². The average molecular weight is 348 g/mol. The van der Waals surface area contributed by atoms with E-state index < -0.39 is 0 Å². The van der Waals surface area contributed by atoms with E-state index in [9.17, 15) is 0 Å². The lowest BCUT2D eigenvalue weighted by Crippen LogP contribution is -2.34. The lowest BCUT2D eigenvalue weighted by atomic mass is 10.1. The molecule has 0 spiro atoms. The van der Waals surface area contributed by atoms with Crippen LogP contribution in [0.3, 0.4) is 0 Å². The number of aliphatic imine (C=N–C) groups is 1. The molecule has 0 fully saturated rings. The van der Waals surface area contributed by atoms with Gasteiger partial charge in [0.1, 0.15) is 0 Å². The standard InChI is InChI=1S/C12H20N4.HI/c1-16(2)11(9-15-12(13)14)8-10-6-4-3-5-7-10;/h3-7,11H,8-9H2,1-2H3,(H4,13,14,15);1H. The van der Waals surface area contributed by atoms with Gasteiger partial charge in [0, 0.05) is 6.04 Å². The smallest absolute Gasteiger partial charge is 0.185 e. The second-order valence-corrected chi connectivity index (χ2v) is 4.07. The summed E-state index contributed by atoms with van der Waals surface area (Å²) in [6, 6.07) is 10.7. The minimum absolute atomic E-state index is 0. The highest BCUT2D eigenvalue weighted by atomic mass is 127. The van der Waals surface area contributed by atoms with Gasteiger partial charge in [-0.1, -0.05) is 30.3 Å². The van der Waals surface area contributed by atoms with E-state index in [0.29, 0.717) is 12.6 Å². The molecule has 1 rings (SSSR count). The van der Waals surface area contributed by atoms with Crippen molar-refractivity contribution in [2.45, 2.75) is 12.5 Å². The monoisotopic (exact) mass is 348 g/mol. The highest BCUT2D eigenvalue weighted by Crippen LogP contribution is 2.06. The summed E-state index contributed by atoms with van der Waals surface area (Å²) in [6.07, 6.45) is 0.949. The molecule has 0 saturated heterocycles. The number of halogens is 1. The van der Waals surface area contributed by atoms with Gasteiger partial charge in [-0.25, -0.2) is 0 Å². The first-order valence-electron chi connectivity index (χ1n) is 5.35. The Kier molecular flexibility index (Phi) is 7.90. The molecular weight excluding hydrogens is 327 g/mol. The number of hydrogen-bond donors (Lipinski definition) is 2. The second-order valence-electron chi connectivity index (χ2n) is 4.07.